The Balaban J connectivity index is 0.000000561. The van der Waals surface area contributed by atoms with Gasteiger partial charge in [-0.3, -0.25) is 9.59 Å². The number of carbonyl (C=O) groups excluding carboxylic acids is 1. The first-order valence-electron chi connectivity index (χ1n) is 16.1. The van der Waals surface area contributed by atoms with Crippen LogP contribution in [0, 0.1) is 0 Å². The molecule has 0 saturated carbocycles. The second-order valence-corrected chi connectivity index (χ2v) is 12.6. The zero-order valence-electron chi connectivity index (χ0n) is 29.3. The molecule has 246 valence electrons. The molecule has 2 aliphatic heterocycles. The van der Waals surface area contributed by atoms with E-state index in [4.69, 9.17) is 16.0 Å². The molecular formula is C38H53ClN2O4. The minimum Gasteiger partial charge on any atom is -0.456 e. The fourth-order valence-corrected chi connectivity index (χ4v) is 6.04. The minimum atomic E-state index is -0.252. The molecule has 0 bridgehead atoms. The lowest BCUT2D eigenvalue weighted by Crippen LogP contribution is -2.51. The van der Waals surface area contributed by atoms with Gasteiger partial charge in [0.25, 0.3) is 0 Å². The van der Waals surface area contributed by atoms with Gasteiger partial charge >= 0.3 is 0 Å². The van der Waals surface area contributed by atoms with Crippen LogP contribution in [-0.2, 0) is 10.2 Å². The molecule has 1 N–H and O–H groups in total. The average Bonchev–Trinajstić information content (AvgIpc) is 3.22. The number of benzene rings is 3. The summed E-state index contributed by atoms with van der Waals surface area (Å²) in [6.07, 6.45) is 1.26. The highest BCUT2D eigenvalue weighted by Crippen LogP contribution is 2.52. The molecule has 6 nitrogen and oxygen atoms in total. The fourth-order valence-electron chi connectivity index (χ4n) is 5.88. The van der Waals surface area contributed by atoms with Crippen molar-refractivity contribution in [3.63, 3.8) is 0 Å². The summed E-state index contributed by atoms with van der Waals surface area (Å²) in [5.74, 6) is 0.701. The quantitative estimate of drug-likeness (QED) is 0.221. The van der Waals surface area contributed by atoms with E-state index in [0.29, 0.717) is 18.6 Å². The average molecular weight is 637 g/mol. The van der Waals surface area contributed by atoms with Crippen LogP contribution in [0.3, 0.4) is 0 Å². The third-order valence-electron chi connectivity index (χ3n) is 8.52. The smallest absolute Gasteiger partial charge is 0.221 e. The van der Waals surface area contributed by atoms with E-state index in [0.717, 1.165) is 33.3 Å². The second-order valence-electron chi connectivity index (χ2n) is 12.2. The summed E-state index contributed by atoms with van der Waals surface area (Å²) in [6.45, 7) is 21.1. The predicted octanol–water partition coefficient (Wildman–Crippen LogP) is 9.40. The third kappa shape index (κ3) is 7.73. The molecule has 0 radical (unpaired) electrons. The van der Waals surface area contributed by atoms with Crippen molar-refractivity contribution in [2.75, 3.05) is 25.6 Å². The molecule has 7 heteroatoms. The maximum Gasteiger partial charge on any atom is 0.221 e. The molecule has 1 unspecified atom stereocenters. The van der Waals surface area contributed by atoms with Crippen LogP contribution in [0.5, 0.6) is 0 Å². The van der Waals surface area contributed by atoms with Crippen LogP contribution >= 0.6 is 11.6 Å². The molecule has 2 aromatic rings. The van der Waals surface area contributed by atoms with Gasteiger partial charge in [0.05, 0.1) is 5.02 Å². The van der Waals surface area contributed by atoms with E-state index in [1.807, 2.05) is 52.8 Å². The van der Waals surface area contributed by atoms with Crippen molar-refractivity contribution in [3.05, 3.63) is 75.4 Å². The van der Waals surface area contributed by atoms with E-state index in [2.05, 4.69) is 63.8 Å². The number of carbonyl (C=O) groups is 1. The fraction of sp³-hybridized carbons (Fsp3) is 0.474. The van der Waals surface area contributed by atoms with Crippen LogP contribution in [0.15, 0.2) is 63.8 Å². The van der Waals surface area contributed by atoms with Crippen molar-refractivity contribution in [1.82, 2.24) is 4.90 Å². The monoisotopic (exact) mass is 636 g/mol. The van der Waals surface area contributed by atoms with Crippen molar-refractivity contribution in [2.45, 2.75) is 99.1 Å². The molecule has 1 aliphatic carbocycles. The number of nitrogens with zero attached hydrogens (tertiary/aromatic N) is 2. The van der Waals surface area contributed by atoms with Crippen LogP contribution < -0.4 is 10.3 Å². The standard InChI is InChI=1S/C29H30ClNO3.C5H11NO.2C2H6/c1-17-29(4,5)21-13-19-25(15-23(21)31(17)28(2,3)11-12-32)34-26-16-24(33)22(30)14-20(26)27(19)18-9-7-6-8-10-18;1-4-5(7)6(2)3;2*1-2/h6-10,13-17,32H,11-12H2,1-5H3;4H2,1-3H3;2*1-2H3. The van der Waals surface area contributed by atoms with Crippen LogP contribution in [-0.4, -0.2) is 48.2 Å². The zero-order chi connectivity index (χ0) is 34.3. The van der Waals surface area contributed by atoms with Crippen LogP contribution in [0.1, 0.15) is 87.6 Å². The highest BCUT2D eigenvalue weighted by atomic mass is 35.5. The van der Waals surface area contributed by atoms with Gasteiger partial charge in [-0.2, -0.15) is 0 Å². The van der Waals surface area contributed by atoms with E-state index in [1.165, 1.54) is 11.6 Å². The number of hydrogen-bond acceptors (Lipinski definition) is 5. The van der Waals surface area contributed by atoms with E-state index in [9.17, 15) is 14.7 Å². The molecule has 1 amide bonds. The summed E-state index contributed by atoms with van der Waals surface area (Å²) < 4.78 is 6.36. The van der Waals surface area contributed by atoms with Gasteiger partial charge in [0.2, 0.25) is 11.3 Å². The maximum absolute atomic E-state index is 12.4. The highest BCUT2D eigenvalue weighted by Gasteiger charge is 2.47. The number of anilines is 1. The molecule has 0 spiro atoms. The Morgan fingerprint density at radius 1 is 1.04 bits per heavy atom. The Morgan fingerprint density at radius 2 is 1.64 bits per heavy atom. The first kappa shape index (κ1) is 37.8. The molecule has 2 aromatic carbocycles. The second kappa shape index (κ2) is 15.8. The van der Waals surface area contributed by atoms with Crippen LogP contribution in [0.4, 0.5) is 5.69 Å². The summed E-state index contributed by atoms with van der Waals surface area (Å²) >= 11 is 6.27. The molecular weight excluding hydrogens is 584 g/mol. The lowest BCUT2D eigenvalue weighted by molar-refractivity contribution is -0.128. The van der Waals surface area contributed by atoms with Gasteiger partial charge in [-0.25, -0.2) is 0 Å². The van der Waals surface area contributed by atoms with Gasteiger partial charge in [0.15, 0.2) is 0 Å². The molecule has 0 fully saturated rings. The molecule has 0 saturated heterocycles. The number of aliphatic hydroxyl groups is 1. The van der Waals surface area contributed by atoms with Crippen molar-refractivity contribution < 1.29 is 14.3 Å². The largest absolute Gasteiger partial charge is 0.456 e. The Bertz CT molecular complexity index is 1590. The Labute approximate surface area is 275 Å². The van der Waals surface area contributed by atoms with Crippen molar-refractivity contribution in [1.29, 1.82) is 0 Å². The maximum atomic E-state index is 12.4. The van der Waals surface area contributed by atoms with Crippen molar-refractivity contribution in [3.8, 4) is 22.5 Å². The summed E-state index contributed by atoms with van der Waals surface area (Å²) in [6, 6.07) is 18.0. The Kier molecular flexibility index (Phi) is 13.3. The summed E-state index contributed by atoms with van der Waals surface area (Å²) in [4.78, 5) is 26.8. The molecule has 5 rings (SSSR count). The lowest BCUT2D eigenvalue weighted by atomic mass is 9.80. The van der Waals surface area contributed by atoms with Crippen LogP contribution in [0.2, 0.25) is 5.02 Å². The number of hydrogen-bond donors (Lipinski definition) is 1. The van der Waals surface area contributed by atoms with E-state index >= 15 is 0 Å². The number of aliphatic hydroxyl groups excluding tert-OH is 1. The zero-order valence-corrected chi connectivity index (χ0v) is 30.1. The van der Waals surface area contributed by atoms with Crippen molar-refractivity contribution in [2.24, 2.45) is 0 Å². The number of rotatable bonds is 5. The number of amides is 1. The normalized spacial score (nSPS) is 14.8. The van der Waals surface area contributed by atoms with Crippen LogP contribution in [0.25, 0.3) is 33.4 Å². The van der Waals surface area contributed by atoms with Gasteiger partial charge in [-0.15, -0.1) is 0 Å². The minimum absolute atomic E-state index is 0.115. The first-order valence-corrected chi connectivity index (χ1v) is 16.5. The summed E-state index contributed by atoms with van der Waals surface area (Å²) in [7, 11) is 3.51. The lowest BCUT2D eigenvalue weighted by Gasteiger charge is -2.43. The Morgan fingerprint density at radius 3 is 2.16 bits per heavy atom. The molecule has 0 aromatic heterocycles. The molecule has 2 heterocycles. The summed E-state index contributed by atoms with van der Waals surface area (Å²) in [5.41, 5.74) is 5.36. The van der Waals surface area contributed by atoms with Gasteiger partial charge < -0.3 is 19.3 Å². The van der Waals surface area contributed by atoms with E-state index in [1.54, 1.807) is 25.1 Å². The van der Waals surface area contributed by atoms with Gasteiger partial charge in [0, 0.05) is 78.5 Å². The Hall–Kier alpha value is -3.35. The SMILES string of the molecule is CC.CC.CC1N(C(C)(C)CCO)c2cc3oc4cc(=O)c(Cl)cc-4c(-c4ccccc4)c3cc2C1(C)C.CCC(=O)N(C)C. The van der Waals surface area contributed by atoms with E-state index in [-0.39, 0.29) is 40.0 Å². The topological polar surface area (TPSA) is 74.0 Å². The van der Waals surface area contributed by atoms with E-state index < -0.39 is 0 Å². The van der Waals surface area contributed by atoms with Crippen molar-refractivity contribution >= 4 is 34.2 Å². The third-order valence-corrected chi connectivity index (χ3v) is 8.81. The molecule has 45 heavy (non-hydrogen) atoms. The highest BCUT2D eigenvalue weighted by molar-refractivity contribution is 6.31. The van der Waals surface area contributed by atoms with Gasteiger partial charge in [-0.05, 0) is 50.5 Å². The molecule has 3 aliphatic rings. The van der Waals surface area contributed by atoms with Gasteiger partial charge in [0.1, 0.15) is 11.3 Å². The summed E-state index contributed by atoms with van der Waals surface area (Å²) in [5, 5.41) is 10.9. The number of halogens is 1. The van der Waals surface area contributed by atoms with Gasteiger partial charge in [-0.1, -0.05) is 90.4 Å². The molecule has 1 atom stereocenters. The predicted molar refractivity (Wildman–Crippen MR) is 192 cm³/mol. The number of fused-ring (bicyclic) bond motifs is 3. The first-order chi connectivity index (χ1) is 21.2.